The number of ether oxygens (including phenoxy) is 3. The van der Waals surface area contributed by atoms with Crippen LogP contribution in [0.3, 0.4) is 0 Å². The molecule has 0 aliphatic heterocycles. The molecule has 0 aromatic heterocycles. The predicted molar refractivity (Wildman–Crippen MR) is 124 cm³/mol. The number of aryl methyl sites for hydroxylation is 1. The van der Waals surface area contributed by atoms with Crippen molar-refractivity contribution < 1.29 is 23.8 Å². The van der Waals surface area contributed by atoms with E-state index in [4.69, 9.17) is 19.9 Å². The zero-order valence-electron chi connectivity index (χ0n) is 18.0. The molecule has 0 fully saturated rings. The second-order valence-electron chi connectivity index (χ2n) is 7.10. The fourth-order valence-electron chi connectivity index (χ4n) is 3.12. The first-order valence-corrected chi connectivity index (χ1v) is 10.1. The molecule has 1 amide bonds. The molecule has 3 aromatic carbocycles. The normalized spacial score (nSPS) is 11.0. The highest BCUT2D eigenvalue weighted by molar-refractivity contribution is 6.13. The number of aldehydes is 1. The van der Waals surface area contributed by atoms with Crippen LogP contribution in [0.2, 0.25) is 0 Å². The number of hydrogen-bond acceptors (Lipinski definition) is 5. The van der Waals surface area contributed by atoms with Gasteiger partial charge in [-0.15, -0.1) is 0 Å². The maximum atomic E-state index is 11.7. The Morgan fingerprint density at radius 3 is 1.91 bits per heavy atom. The monoisotopic (exact) mass is 431 g/mol. The smallest absolute Gasteiger partial charge is 0.217 e. The molecule has 0 aliphatic carbocycles. The zero-order chi connectivity index (χ0) is 22.9. The molecule has 2 N–H and O–H groups in total. The van der Waals surface area contributed by atoms with E-state index in [1.54, 1.807) is 38.5 Å². The van der Waals surface area contributed by atoms with E-state index in [2.05, 4.69) is 0 Å². The molecule has 3 aromatic rings. The lowest BCUT2D eigenvalue weighted by Gasteiger charge is -2.09. The average Bonchev–Trinajstić information content (AvgIpc) is 2.82. The molecule has 0 saturated carbocycles. The third-order valence-corrected chi connectivity index (χ3v) is 4.83. The Bertz CT molecular complexity index is 1080. The molecule has 164 valence electrons. The van der Waals surface area contributed by atoms with Crippen LogP contribution < -0.4 is 19.9 Å². The summed E-state index contributed by atoms with van der Waals surface area (Å²) in [5, 5.41) is 0. The van der Waals surface area contributed by atoms with Crippen molar-refractivity contribution >= 4 is 23.8 Å². The molecule has 0 saturated heterocycles. The van der Waals surface area contributed by atoms with Crippen LogP contribution in [0.5, 0.6) is 23.0 Å². The Balaban J connectivity index is 1.73. The standard InChI is InChI=1S/C26H25NO5/c1-30-24-14-19(15-25(16-24)31-2)13-21(17-28)20-6-10-23(11-7-20)32-22-8-3-18(4-9-22)5-12-26(27)29/h3-4,6-11,13-17H,5,12H2,1-2H3,(H2,27,29)/b21-13-. The highest BCUT2D eigenvalue weighted by Gasteiger charge is 2.06. The molecule has 0 heterocycles. The van der Waals surface area contributed by atoms with Gasteiger partial charge in [-0.25, -0.2) is 0 Å². The number of amides is 1. The lowest BCUT2D eigenvalue weighted by atomic mass is 10.0. The quantitative estimate of drug-likeness (QED) is 0.287. The minimum absolute atomic E-state index is 0.316. The van der Waals surface area contributed by atoms with Gasteiger partial charge < -0.3 is 19.9 Å². The summed E-state index contributed by atoms with van der Waals surface area (Å²) in [7, 11) is 3.16. The molecule has 3 rings (SSSR count). The number of hydrogen-bond donors (Lipinski definition) is 1. The van der Waals surface area contributed by atoms with Crippen molar-refractivity contribution in [3.63, 3.8) is 0 Å². The number of carbonyl (C=O) groups is 2. The van der Waals surface area contributed by atoms with Crippen molar-refractivity contribution in [3.8, 4) is 23.0 Å². The van der Waals surface area contributed by atoms with Crippen molar-refractivity contribution in [1.82, 2.24) is 0 Å². The SMILES string of the molecule is COc1cc(/C=C(/C=O)c2ccc(Oc3ccc(CCC(N)=O)cc3)cc2)cc(OC)c1. The molecule has 0 bridgehead atoms. The highest BCUT2D eigenvalue weighted by atomic mass is 16.5. The summed E-state index contributed by atoms with van der Waals surface area (Å²) >= 11 is 0. The van der Waals surface area contributed by atoms with Gasteiger partial charge in [-0.3, -0.25) is 9.59 Å². The van der Waals surface area contributed by atoms with Gasteiger partial charge in [-0.2, -0.15) is 0 Å². The zero-order valence-corrected chi connectivity index (χ0v) is 18.0. The molecule has 6 nitrogen and oxygen atoms in total. The minimum Gasteiger partial charge on any atom is -0.497 e. The van der Waals surface area contributed by atoms with Gasteiger partial charge in [0.25, 0.3) is 0 Å². The number of allylic oxidation sites excluding steroid dienone is 1. The average molecular weight is 431 g/mol. The lowest BCUT2D eigenvalue weighted by Crippen LogP contribution is -2.11. The Kier molecular flexibility index (Phi) is 7.65. The van der Waals surface area contributed by atoms with Gasteiger partial charge in [0.1, 0.15) is 23.0 Å². The number of rotatable bonds is 10. The van der Waals surface area contributed by atoms with Crippen LogP contribution in [0, 0.1) is 0 Å². The molecule has 32 heavy (non-hydrogen) atoms. The van der Waals surface area contributed by atoms with E-state index < -0.39 is 0 Å². The maximum absolute atomic E-state index is 11.7. The number of methoxy groups -OCH3 is 2. The summed E-state index contributed by atoms with van der Waals surface area (Å²) in [5.41, 5.74) is 8.27. The van der Waals surface area contributed by atoms with E-state index in [-0.39, 0.29) is 5.91 Å². The number of nitrogens with two attached hydrogens (primary N) is 1. The van der Waals surface area contributed by atoms with Crippen LogP contribution in [-0.2, 0) is 16.0 Å². The van der Waals surface area contributed by atoms with Crippen LogP contribution >= 0.6 is 0 Å². The molecule has 0 atom stereocenters. The summed E-state index contributed by atoms with van der Waals surface area (Å²) in [6.45, 7) is 0. The summed E-state index contributed by atoms with van der Waals surface area (Å²) in [6.07, 6.45) is 3.51. The van der Waals surface area contributed by atoms with Crippen LogP contribution in [0.1, 0.15) is 23.1 Å². The van der Waals surface area contributed by atoms with Crippen LogP contribution in [0.25, 0.3) is 11.6 Å². The van der Waals surface area contributed by atoms with Crippen molar-refractivity contribution in [2.24, 2.45) is 5.73 Å². The Morgan fingerprint density at radius 1 is 0.844 bits per heavy atom. The molecule has 6 heteroatoms. The molecular formula is C26H25NO5. The van der Waals surface area contributed by atoms with E-state index in [0.29, 0.717) is 41.4 Å². The number of carbonyl (C=O) groups excluding carboxylic acids is 2. The molecule has 0 spiro atoms. The summed E-state index contributed by atoms with van der Waals surface area (Å²) in [5.74, 6) is 2.29. The predicted octanol–water partition coefficient (Wildman–Crippen LogP) is 4.65. The third kappa shape index (κ3) is 6.22. The fourth-order valence-corrected chi connectivity index (χ4v) is 3.12. The topological polar surface area (TPSA) is 87.9 Å². The number of primary amides is 1. The van der Waals surface area contributed by atoms with Gasteiger partial charge in [-0.1, -0.05) is 24.3 Å². The first-order chi connectivity index (χ1) is 15.5. The van der Waals surface area contributed by atoms with E-state index >= 15 is 0 Å². The summed E-state index contributed by atoms with van der Waals surface area (Å²) in [4.78, 5) is 22.6. The van der Waals surface area contributed by atoms with E-state index in [1.165, 1.54) is 0 Å². The molecular weight excluding hydrogens is 406 g/mol. The van der Waals surface area contributed by atoms with Gasteiger partial charge in [0.15, 0.2) is 6.29 Å². The molecule has 0 unspecified atom stereocenters. The first kappa shape index (κ1) is 22.6. The van der Waals surface area contributed by atoms with E-state index in [1.807, 2.05) is 48.5 Å². The first-order valence-electron chi connectivity index (χ1n) is 10.1. The van der Waals surface area contributed by atoms with Gasteiger partial charge in [0.05, 0.1) is 14.2 Å². The molecule has 0 aliphatic rings. The van der Waals surface area contributed by atoms with Crippen LogP contribution in [-0.4, -0.2) is 26.4 Å². The summed E-state index contributed by atoms with van der Waals surface area (Å²) in [6, 6.07) is 20.2. The fraction of sp³-hybridized carbons (Fsp3) is 0.154. The van der Waals surface area contributed by atoms with E-state index in [0.717, 1.165) is 23.0 Å². The van der Waals surface area contributed by atoms with Gasteiger partial charge in [0.2, 0.25) is 5.91 Å². The highest BCUT2D eigenvalue weighted by Crippen LogP contribution is 2.27. The second-order valence-corrected chi connectivity index (χ2v) is 7.10. The van der Waals surface area contributed by atoms with Crippen LogP contribution in [0.15, 0.2) is 66.7 Å². The maximum Gasteiger partial charge on any atom is 0.217 e. The van der Waals surface area contributed by atoms with E-state index in [9.17, 15) is 9.59 Å². The van der Waals surface area contributed by atoms with Gasteiger partial charge in [0, 0.05) is 18.1 Å². The third-order valence-electron chi connectivity index (χ3n) is 4.83. The van der Waals surface area contributed by atoms with Crippen LogP contribution in [0.4, 0.5) is 0 Å². The van der Waals surface area contributed by atoms with Crippen molar-refractivity contribution in [1.29, 1.82) is 0 Å². The van der Waals surface area contributed by atoms with Crippen molar-refractivity contribution in [2.75, 3.05) is 14.2 Å². The lowest BCUT2D eigenvalue weighted by molar-refractivity contribution is -0.118. The summed E-state index contributed by atoms with van der Waals surface area (Å²) < 4.78 is 16.4. The Hall–Kier alpha value is -4.06. The van der Waals surface area contributed by atoms with Gasteiger partial charge >= 0.3 is 0 Å². The van der Waals surface area contributed by atoms with Gasteiger partial charge in [-0.05, 0) is 65.6 Å². The Labute approximate surface area is 187 Å². The molecule has 0 radical (unpaired) electrons. The van der Waals surface area contributed by atoms with Crippen molar-refractivity contribution in [3.05, 3.63) is 83.4 Å². The second kappa shape index (κ2) is 10.8. The minimum atomic E-state index is -0.320. The van der Waals surface area contributed by atoms with Crippen molar-refractivity contribution in [2.45, 2.75) is 12.8 Å². The Morgan fingerprint density at radius 2 is 1.41 bits per heavy atom. The number of benzene rings is 3. The largest absolute Gasteiger partial charge is 0.497 e.